The van der Waals surface area contributed by atoms with Crippen LogP contribution in [0.15, 0.2) is 65.7 Å². The van der Waals surface area contributed by atoms with Gasteiger partial charge in [0.25, 0.3) is 10.0 Å². The Morgan fingerprint density at radius 1 is 1.09 bits per heavy atom. The standard InChI is InChI=1S/C23H23ClFNO7S/c1-2-32-21(27)11-14-26(23(22(24)28)12-15-31-16-13-23)34(29,30)20-9-7-19(8-10-20)33-18-5-3-17(25)4-6-18/h3-11,14H,2,12-13,15-16H2,1H3/b14-11+. The van der Waals surface area contributed by atoms with Crippen LogP contribution in [0.2, 0.25) is 0 Å². The Hall–Kier alpha value is -2.95. The Kier molecular flexibility index (Phi) is 8.29. The number of carbonyl (C=O) groups excluding carboxylic acids is 2. The van der Waals surface area contributed by atoms with Gasteiger partial charge in [-0.3, -0.25) is 9.10 Å². The molecule has 1 fully saturated rings. The lowest BCUT2D eigenvalue weighted by Crippen LogP contribution is -2.56. The van der Waals surface area contributed by atoms with E-state index in [0.29, 0.717) is 11.5 Å². The maximum absolute atomic E-state index is 13.6. The highest BCUT2D eigenvalue weighted by molar-refractivity contribution is 7.89. The van der Waals surface area contributed by atoms with Crippen molar-refractivity contribution in [1.82, 2.24) is 4.31 Å². The van der Waals surface area contributed by atoms with Crippen molar-refractivity contribution in [3.63, 3.8) is 0 Å². The Balaban J connectivity index is 1.96. The summed E-state index contributed by atoms with van der Waals surface area (Å²) in [6.45, 7) is 1.93. The minimum atomic E-state index is -4.34. The quantitative estimate of drug-likeness (QED) is 0.285. The summed E-state index contributed by atoms with van der Waals surface area (Å²) in [7, 11) is -4.34. The molecule has 0 amide bonds. The van der Waals surface area contributed by atoms with Crippen LogP contribution < -0.4 is 4.74 Å². The third-order valence-corrected chi connectivity index (χ3v) is 7.38. The monoisotopic (exact) mass is 511 g/mol. The van der Waals surface area contributed by atoms with Gasteiger partial charge in [-0.25, -0.2) is 17.6 Å². The molecule has 0 N–H and O–H groups in total. The summed E-state index contributed by atoms with van der Waals surface area (Å²) in [5, 5.41) is -0.885. The van der Waals surface area contributed by atoms with E-state index in [-0.39, 0.29) is 37.6 Å². The van der Waals surface area contributed by atoms with Crippen molar-refractivity contribution in [2.24, 2.45) is 0 Å². The fraction of sp³-hybridized carbons (Fsp3) is 0.304. The number of hydrogen-bond acceptors (Lipinski definition) is 7. The molecule has 0 aromatic heterocycles. The average Bonchev–Trinajstić information content (AvgIpc) is 2.81. The summed E-state index contributed by atoms with van der Waals surface area (Å²) in [6.07, 6.45) is 1.95. The highest BCUT2D eigenvalue weighted by Gasteiger charge is 2.48. The minimum Gasteiger partial charge on any atom is -0.463 e. The molecule has 2 aromatic carbocycles. The number of rotatable bonds is 9. The lowest BCUT2D eigenvalue weighted by Gasteiger charge is -2.41. The lowest BCUT2D eigenvalue weighted by molar-refractivity contribution is -0.137. The Morgan fingerprint density at radius 2 is 1.65 bits per heavy atom. The zero-order valence-electron chi connectivity index (χ0n) is 18.3. The van der Waals surface area contributed by atoms with Crippen molar-refractivity contribution in [3.8, 4) is 11.5 Å². The van der Waals surface area contributed by atoms with Crippen molar-refractivity contribution < 1.29 is 36.6 Å². The van der Waals surface area contributed by atoms with Crippen LogP contribution in [0, 0.1) is 5.82 Å². The smallest absolute Gasteiger partial charge is 0.332 e. The second-order valence-electron chi connectivity index (χ2n) is 7.31. The molecule has 0 unspecified atom stereocenters. The normalized spacial score (nSPS) is 15.6. The van der Waals surface area contributed by atoms with Gasteiger partial charge in [0.1, 0.15) is 22.9 Å². The molecule has 11 heteroatoms. The van der Waals surface area contributed by atoms with Gasteiger partial charge in [0.15, 0.2) is 0 Å². The molecule has 1 aliphatic rings. The van der Waals surface area contributed by atoms with Crippen molar-refractivity contribution >= 4 is 32.8 Å². The van der Waals surface area contributed by atoms with Gasteiger partial charge in [-0.1, -0.05) is 0 Å². The predicted octanol–water partition coefficient (Wildman–Crippen LogP) is 4.00. The van der Waals surface area contributed by atoms with E-state index in [1.54, 1.807) is 6.92 Å². The molecule has 0 radical (unpaired) electrons. The molecule has 2 aromatic rings. The molecule has 1 heterocycles. The number of ether oxygens (including phenoxy) is 3. The molecule has 0 spiro atoms. The van der Waals surface area contributed by atoms with E-state index in [2.05, 4.69) is 0 Å². The predicted molar refractivity (Wildman–Crippen MR) is 121 cm³/mol. The zero-order chi connectivity index (χ0) is 24.8. The first-order chi connectivity index (χ1) is 16.2. The largest absolute Gasteiger partial charge is 0.463 e. The molecule has 0 atom stereocenters. The number of halogens is 2. The van der Waals surface area contributed by atoms with Gasteiger partial charge in [-0.05, 0) is 67.1 Å². The van der Waals surface area contributed by atoms with E-state index in [1.807, 2.05) is 0 Å². The molecule has 182 valence electrons. The number of nitrogens with zero attached hydrogens (tertiary/aromatic N) is 1. The fourth-order valence-electron chi connectivity index (χ4n) is 3.42. The third kappa shape index (κ3) is 5.75. The van der Waals surface area contributed by atoms with Crippen molar-refractivity contribution in [3.05, 3.63) is 66.6 Å². The Bertz CT molecular complexity index is 1140. The van der Waals surface area contributed by atoms with Gasteiger partial charge in [0, 0.05) is 38.3 Å². The van der Waals surface area contributed by atoms with Crippen LogP contribution in [-0.4, -0.2) is 49.3 Å². The van der Waals surface area contributed by atoms with Gasteiger partial charge in [0.2, 0.25) is 5.24 Å². The summed E-state index contributed by atoms with van der Waals surface area (Å²) in [5.41, 5.74) is -1.63. The fourth-order valence-corrected chi connectivity index (χ4v) is 5.40. The third-order valence-electron chi connectivity index (χ3n) is 5.17. The molecule has 0 aliphatic carbocycles. The van der Waals surface area contributed by atoms with E-state index in [4.69, 9.17) is 25.8 Å². The molecule has 3 rings (SSSR count). The van der Waals surface area contributed by atoms with E-state index >= 15 is 0 Å². The second-order valence-corrected chi connectivity index (χ2v) is 9.47. The van der Waals surface area contributed by atoms with E-state index in [1.165, 1.54) is 48.5 Å². The van der Waals surface area contributed by atoms with E-state index in [0.717, 1.165) is 16.6 Å². The van der Waals surface area contributed by atoms with Gasteiger partial charge in [-0.15, -0.1) is 0 Å². The lowest BCUT2D eigenvalue weighted by atomic mass is 9.91. The first kappa shape index (κ1) is 25.7. The van der Waals surface area contributed by atoms with Crippen LogP contribution in [0.4, 0.5) is 4.39 Å². The summed E-state index contributed by atoms with van der Waals surface area (Å²) >= 11 is 5.91. The van der Waals surface area contributed by atoms with Gasteiger partial charge < -0.3 is 14.2 Å². The van der Waals surface area contributed by atoms with Gasteiger partial charge in [-0.2, -0.15) is 0 Å². The molecule has 1 aliphatic heterocycles. The Labute approximate surface area is 201 Å². The molecular formula is C23H23ClFNO7S. The van der Waals surface area contributed by atoms with Crippen LogP contribution in [0.25, 0.3) is 0 Å². The topological polar surface area (TPSA) is 99.2 Å². The highest BCUT2D eigenvalue weighted by Crippen LogP contribution is 2.36. The second kappa shape index (κ2) is 11.0. The molecule has 8 nitrogen and oxygen atoms in total. The van der Waals surface area contributed by atoms with Crippen molar-refractivity contribution in [2.75, 3.05) is 19.8 Å². The number of hydrogen-bond donors (Lipinski definition) is 0. The summed E-state index contributed by atoms with van der Waals surface area (Å²) in [6, 6.07) is 10.8. The number of esters is 1. The van der Waals surface area contributed by atoms with Crippen molar-refractivity contribution in [2.45, 2.75) is 30.2 Å². The maximum Gasteiger partial charge on any atom is 0.332 e. The first-order valence-corrected chi connectivity index (χ1v) is 12.2. The molecule has 0 bridgehead atoms. The zero-order valence-corrected chi connectivity index (χ0v) is 19.9. The Morgan fingerprint density at radius 3 is 2.18 bits per heavy atom. The summed E-state index contributed by atoms with van der Waals surface area (Å²) in [5.74, 6) is -0.506. The number of benzene rings is 2. The van der Waals surface area contributed by atoms with E-state index in [9.17, 15) is 22.4 Å². The summed E-state index contributed by atoms with van der Waals surface area (Å²) in [4.78, 5) is 24.2. The minimum absolute atomic E-state index is 0.00743. The van der Waals surface area contributed by atoms with E-state index < -0.39 is 32.6 Å². The first-order valence-electron chi connectivity index (χ1n) is 10.4. The van der Waals surface area contributed by atoms with Crippen LogP contribution in [-0.2, 0) is 29.1 Å². The molecule has 1 saturated heterocycles. The van der Waals surface area contributed by atoms with Crippen LogP contribution in [0.3, 0.4) is 0 Å². The van der Waals surface area contributed by atoms with Crippen LogP contribution in [0.5, 0.6) is 11.5 Å². The van der Waals surface area contributed by atoms with Crippen molar-refractivity contribution in [1.29, 1.82) is 0 Å². The number of sulfonamides is 1. The van der Waals surface area contributed by atoms with Gasteiger partial charge in [0.05, 0.1) is 11.5 Å². The highest BCUT2D eigenvalue weighted by atomic mass is 35.5. The summed E-state index contributed by atoms with van der Waals surface area (Å²) < 4.78 is 56.8. The SMILES string of the molecule is CCOC(=O)/C=C/N(C1(C(=O)Cl)CCOCC1)S(=O)(=O)c1ccc(Oc2ccc(F)cc2)cc1. The average molecular weight is 512 g/mol. The van der Waals surface area contributed by atoms with Crippen LogP contribution in [0.1, 0.15) is 19.8 Å². The molecule has 0 saturated carbocycles. The molecule has 34 heavy (non-hydrogen) atoms. The number of carbonyl (C=O) groups is 2. The molecular weight excluding hydrogens is 489 g/mol. The maximum atomic E-state index is 13.6. The van der Waals surface area contributed by atoms with Crippen LogP contribution >= 0.6 is 11.6 Å². The van der Waals surface area contributed by atoms with Gasteiger partial charge >= 0.3 is 5.97 Å².